The van der Waals surface area contributed by atoms with Gasteiger partial charge in [-0.05, 0) is 49.2 Å². The molecule has 6 nitrogen and oxygen atoms in total. The van der Waals surface area contributed by atoms with E-state index in [1.54, 1.807) is 18.2 Å². The van der Waals surface area contributed by atoms with Crippen molar-refractivity contribution in [3.8, 4) is 0 Å². The molecule has 2 N–H and O–H groups in total. The fraction of sp³-hybridized carbons (Fsp3) is 0.235. The fourth-order valence-corrected chi connectivity index (χ4v) is 4.45. The topological polar surface area (TPSA) is 78.5 Å². The lowest BCUT2D eigenvalue weighted by atomic mass is 10.2. The molecule has 0 saturated carbocycles. The van der Waals surface area contributed by atoms with E-state index in [2.05, 4.69) is 10.9 Å². The zero-order valence-corrected chi connectivity index (χ0v) is 14.2. The van der Waals surface area contributed by atoms with E-state index < -0.39 is 22.0 Å². The SMILES string of the molecule is O=C(NNc1ccc(F)cc1)[C@@H]1CCCN1S(=O)(=O)c1ccccc1. The van der Waals surface area contributed by atoms with E-state index in [1.165, 1.54) is 40.7 Å². The highest BCUT2D eigenvalue weighted by Crippen LogP contribution is 2.26. The first-order valence-corrected chi connectivity index (χ1v) is 9.31. The first-order chi connectivity index (χ1) is 12.0. The molecule has 0 bridgehead atoms. The molecule has 1 aliphatic heterocycles. The van der Waals surface area contributed by atoms with Crippen LogP contribution in [0.1, 0.15) is 12.8 Å². The van der Waals surface area contributed by atoms with Crippen molar-refractivity contribution in [2.24, 2.45) is 0 Å². The maximum absolute atomic E-state index is 12.9. The summed E-state index contributed by atoms with van der Waals surface area (Å²) >= 11 is 0. The standard InChI is InChI=1S/C17H18FN3O3S/c18-13-8-10-14(11-9-13)19-20-17(22)16-7-4-12-21(16)25(23,24)15-5-2-1-3-6-15/h1-3,5-6,8-11,16,19H,4,7,12H2,(H,20,22)/t16-/m0/s1. The number of hydrogen-bond acceptors (Lipinski definition) is 4. The molecule has 0 unspecified atom stereocenters. The van der Waals surface area contributed by atoms with Gasteiger partial charge in [-0.25, -0.2) is 12.8 Å². The number of nitrogens with one attached hydrogen (secondary N) is 2. The van der Waals surface area contributed by atoms with E-state index in [4.69, 9.17) is 0 Å². The first-order valence-electron chi connectivity index (χ1n) is 7.87. The van der Waals surface area contributed by atoms with Crippen LogP contribution in [0, 0.1) is 5.82 Å². The van der Waals surface area contributed by atoms with E-state index >= 15 is 0 Å². The molecular formula is C17H18FN3O3S. The van der Waals surface area contributed by atoms with Gasteiger partial charge in [-0.1, -0.05) is 18.2 Å². The van der Waals surface area contributed by atoms with Crippen LogP contribution in [0.25, 0.3) is 0 Å². The smallest absolute Gasteiger partial charge is 0.256 e. The normalized spacial score (nSPS) is 18.0. The van der Waals surface area contributed by atoms with Gasteiger partial charge in [-0.3, -0.25) is 15.6 Å². The van der Waals surface area contributed by atoms with Gasteiger partial charge in [-0.15, -0.1) is 0 Å². The van der Waals surface area contributed by atoms with Gasteiger partial charge in [0.25, 0.3) is 5.91 Å². The molecule has 0 aliphatic carbocycles. The van der Waals surface area contributed by atoms with Crippen molar-refractivity contribution in [3.63, 3.8) is 0 Å². The summed E-state index contributed by atoms with van der Waals surface area (Å²) in [6.07, 6.45) is 1.06. The van der Waals surface area contributed by atoms with Crippen molar-refractivity contribution in [1.29, 1.82) is 0 Å². The molecular weight excluding hydrogens is 345 g/mol. The largest absolute Gasteiger partial charge is 0.299 e. The summed E-state index contributed by atoms with van der Waals surface area (Å²) < 4.78 is 39.6. The van der Waals surface area contributed by atoms with Crippen LogP contribution in [-0.2, 0) is 14.8 Å². The highest BCUT2D eigenvalue weighted by Gasteiger charge is 2.39. The van der Waals surface area contributed by atoms with Crippen LogP contribution in [-0.4, -0.2) is 31.2 Å². The van der Waals surface area contributed by atoms with E-state index in [-0.39, 0.29) is 10.7 Å². The summed E-state index contributed by atoms with van der Waals surface area (Å²) in [6.45, 7) is 0.297. The van der Waals surface area contributed by atoms with Gasteiger partial charge < -0.3 is 0 Å². The molecule has 1 aliphatic rings. The minimum absolute atomic E-state index is 0.168. The van der Waals surface area contributed by atoms with Crippen LogP contribution in [0.15, 0.2) is 59.5 Å². The molecule has 132 valence electrons. The Balaban J connectivity index is 1.70. The second-order valence-corrected chi connectivity index (χ2v) is 7.60. The van der Waals surface area contributed by atoms with Gasteiger partial charge >= 0.3 is 0 Å². The third-order valence-electron chi connectivity index (χ3n) is 4.03. The van der Waals surface area contributed by atoms with Crippen LogP contribution >= 0.6 is 0 Å². The Hall–Kier alpha value is -2.45. The van der Waals surface area contributed by atoms with Crippen molar-refractivity contribution >= 4 is 21.6 Å². The summed E-state index contributed by atoms with van der Waals surface area (Å²) in [7, 11) is -3.73. The highest BCUT2D eigenvalue weighted by atomic mass is 32.2. The number of sulfonamides is 1. The predicted octanol–water partition coefficient (Wildman–Crippen LogP) is 2.12. The Morgan fingerprint density at radius 3 is 2.44 bits per heavy atom. The lowest BCUT2D eigenvalue weighted by Crippen LogP contribution is -2.47. The summed E-state index contributed by atoms with van der Waals surface area (Å²) in [5.41, 5.74) is 5.67. The molecule has 1 saturated heterocycles. The number of nitrogens with zero attached hydrogens (tertiary/aromatic N) is 1. The van der Waals surface area contributed by atoms with Crippen molar-refractivity contribution in [3.05, 3.63) is 60.4 Å². The lowest BCUT2D eigenvalue weighted by molar-refractivity contribution is -0.123. The molecule has 8 heteroatoms. The summed E-state index contributed by atoms with van der Waals surface area (Å²) in [5.74, 6) is -0.825. The molecule has 0 aromatic heterocycles. The molecule has 1 atom stereocenters. The predicted molar refractivity (Wildman–Crippen MR) is 91.5 cm³/mol. The van der Waals surface area contributed by atoms with Crippen molar-refractivity contribution in [2.45, 2.75) is 23.8 Å². The molecule has 0 spiro atoms. The Morgan fingerprint density at radius 2 is 1.76 bits per heavy atom. The zero-order valence-electron chi connectivity index (χ0n) is 13.4. The van der Waals surface area contributed by atoms with Gasteiger partial charge in [0.1, 0.15) is 11.9 Å². The number of carbonyl (C=O) groups excluding carboxylic acids is 1. The Labute approximate surface area is 145 Å². The van der Waals surface area contributed by atoms with Crippen molar-refractivity contribution in [2.75, 3.05) is 12.0 Å². The van der Waals surface area contributed by atoms with Crippen LogP contribution in [0.5, 0.6) is 0 Å². The van der Waals surface area contributed by atoms with E-state index in [9.17, 15) is 17.6 Å². The number of anilines is 1. The molecule has 0 radical (unpaired) electrons. The monoisotopic (exact) mass is 363 g/mol. The highest BCUT2D eigenvalue weighted by molar-refractivity contribution is 7.89. The van der Waals surface area contributed by atoms with Crippen LogP contribution in [0.2, 0.25) is 0 Å². The van der Waals surface area contributed by atoms with E-state index in [0.29, 0.717) is 25.1 Å². The average molecular weight is 363 g/mol. The molecule has 1 fully saturated rings. The summed E-state index contributed by atoms with van der Waals surface area (Å²) in [6, 6.07) is 12.7. The number of amides is 1. The minimum Gasteiger partial charge on any atom is -0.299 e. The Kier molecular flexibility index (Phi) is 5.00. The number of rotatable bonds is 5. The van der Waals surface area contributed by atoms with Crippen LogP contribution < -0.4 is 10.9 Å². The molecule has 1 amide bonds. The van der Waals surface area contributed by atoms with Crippen LogP contribution in [0.4, 0.5) is 10.1 Å². The van der Waals surface area contributed by atoms with Crippen molar-refractivity contribution in [1.82, 2.24) is 9.73 Å². The molecule has 25 heavy (non-hydrogen) atoms. The summed E-state index contributed by atoms with van der Waals surface area (Å²) in [4.78, 5) is 12.6. The molecule has 3 rings (SSSR count). The fourth-order valence-electron chi connectivity index (χ4n) is 2.77. The molecule has 1 heterocycles. The van der Waals surface area contributed by atoms with Crippen LogP contribution in [0.3, 0.4) is 0 Å². The van der Waals surface area contributed by atoms with Gasteiger partial charge in [0.05, 0.1) is 10.6 Å². The van der Waals surface area contributed by atoms with Crippen molar-refractivity contribution < 1.29 is 17.6 Å². The summed E-state index contributed by atoms with van der Waals surface area (Å²) in [5, 5.41) is 0. The first kappa shape index (κ1) is 17.4. The van der Waals surface area contributed by atoms with Gasteiger partial charge in [0, 0.05) is 6.54 Å². The average Bonchev–Trinajstić information content (AvgIpc) is 3.12. The van der Waals surface area contributed by atoms with Gasteiger partial charge in [0.15, 0.2) is 0 Å². The second kappa shape index (κ2) is 7.20. The van der Waals surface area contributed by atoms with Gasteiger partial charge in [-0.2, -0.15) is 4.31 Å². The lowest BCUT2D eigenvalue weighted by Gasteiger charge is -2.23. The zero-order chi connectivity index (χ0) is 17.9. The molecule has 2 aromatic carbocycles. The number of carbonyl (C=O) groups is 1. The molecule has 2 aromatic rings. The maximum atomic E-state index is 12.9. The quantitative estimate of drug-likeness (QED) is 0.798. The number of benzene rings is 2. The Morgan fingerprint density at radius 1 is 1.08 bits per heavy atom. The minimum atomic E-state index is -3.73. The van der Waals surface area contributed by atoms with E-state index in [1.807, 2.05) is 0 Å². The van der Waals surface area contributed by atoms with E-state index in [0.717, 1.165) is 0 Å². The maximum Gasteiger partial charge on any atom is 0.256 e. The second-order valence-electron chi connectivity index (χ2n) is 5.71. The Bertz CT molecular complexity index is 841. The third-order valence-corrected chi connectivity index (χ3v) is 5.95. The number of halogens is 1. The van der Waals surface area contributed by atoms with Gasteiger partial charge in [0.2, 0.25) is 10.0 Å². The third kappa shape index (κ3) is 3.80. The number of hydrogen-bond donors (Lipinski definition) is 2. The number of hydrazine groups is 1.